The Balaban J connectivity index is 2.05. The fourth-order valence-electron chi connectivity index (χ4n) is 2.04. The van der Waals surface area contributed by atoms with Crippen LogP contribution in [0.5, 0.6) is 0 Å². The van der Waals surface area contributed by atoms with Gasteiger partial charge >= 0.3 is 0 Å². The Bertz CT molecular complexity index is 826. The van der Waals surface area contributed by atoms with E-state index in [4.69, 9.17) is 0 Å². The summed E-state index contributed by atoms with van der Waals surface area (Å²) in [6.45, 7) is 0. The molecular formula is C16H10N2O4. The zero-order valence-electron chi connectivity index (χ0n) is 11.3. The molecule has 0 atom stereocenters. The first-order chi connectivity index (χ1) is 10.7. The molecule has 2 aromatic carbocycles. The number of carbonyl (C=O) groups is 2. The average Bonchev–Trinajstić information content (AvgIpc) is 2.96. The first kappa shape index (κ1) is 13.7. The molecule has 6 heteroatoms. The molecule has 0 radical (unpaired) electrons. The normalized spacial score (nSPS) is 10.4. The molecule has 3 rings (SSSR count). The van der Waals surface area contributed by atoms with Gasteiger partial charge in [-0.25, -0.2) is 0 Å². The Morgan fingerprint density at radius 3 is 1.91 bits per heavy atom. The third-order valence-electron chi connectivity index (χ3n) is 3.12. The molecular weight excluding hydrogens is 284 g/mol. The van der Waals surface area contributed by atoms with Crippen molar-refractivity contribution in [3.8, 4) is 0 Å². The molecule has 0 unspecified atom stereocenters. The van der Waals surface area contributed by atoms with Crippen LogP contribution in [0.4, 0.5) is 0 Å². The highest BCUT2D eigenvalue weighted by molar-refractivity contribution is 6.16. The smallest absolute Gasteiger partial charge is 0.300 e. The maximum absolute atomic E-state index is 12.4. The van der Waals surface area contributed by atoms with Gasteiger partial charge in [-0.15, -0.1) is 0 Å². The Morgan fingerprint density at radius 2 is 1.36 bits per heavy atom. The summed E-state index contributed by atoms with van der Waals surface area (Å²) in [5, 5.41) is 15.1. The van der Waals surface area contributed by atoms with Gasteiger partial charge in [0.25, 0.3) is 11.4 Å². The van der Waals surface area contributed by atoms with Gasteiger partial charge in [0.05, 0.1) is 5.16 Å². The molecule has 0 N–H and O–H groups in total. The predicted molar refractivity (Wildman–Crippen MR) is 75.2 cm³/mol. The summed E-state index contributed by atoms with van der Waals surface area (Å²) in [7, 11) is 0. The molecule has 0 bridgehead atoms. The maximum Gasteiger partial charge on any atom is 0.300 e. The standard InChI is InChI=1S/C16H10N2O4/c19-15(11-7-3-1-4-8-11)13-14(18(21)22-17-13)16(20)12-9-5-2-6-10-12/h1-10H. The largest absolute Gasteiger partial charge is 0.359 e. The summed E-state index contributed by atoms with van der Waals surface area (Å²) in [5.41, 5.74) is -0.119. The van der Waals surface area contributed by atoms with Crippen LogP contribution in [0.3, 0.4) is 0 Å². The van der Waals surface area contributed by atoms with E-state index in [0.29, 0.717) is 5.56 Å². The van der Waals surface area contributed by atoms with Crippen molar-refractivity contribution >= 4 is 11.6 Å². The van der Waals surface area contributed by atoms with Crippen LogP contribution in [0.15, 0.2) is 65.3 Å². The molecule has 0 saturated carbocycles. The van der Waals surface area contributed by atoms with Gasteiger partial charge in [-0.05, 0) is 4.90 Å². The summed E-state index contributed by atoms with van der Waals surface area (Å²) in [4.78, 5) is 24.8. The Hall–Kier alpha value is -3.28. The van der Waals surface area contributed by atoms with E-state index >= 15 is 0 Å². The van der Waals surface area contributed by atoms with Crippen molar-refractivity contribution in [1.82, 2.24) is 5.16 Å². The average molecular weight is 294 g/mol. The second-order valence-electron chi connectivity index (χ2n) is 4.52. The molecule has 0 fully saturated rings. The highest BCUT2D eigenvalue weighted by Gasteiger charge is 2.32. The molecule has 1 heterocycles. The predicted octanol–water partition coefficient (Wildman–Crippen LogP) is 1.77. The molecule has 0 amide bonds. The van der Waals surface area contributed by atoms with Crippen molar-refractivity contribution in [2.24, 2.45) is 0 Å². The number of hydrogen-bond donors (Lipinski definition) is 0. The molecule has 22 heavy (non-hydrogen) atoms. The SMILES string of the molecule is O=C(c1ccccc1)c1no[n+]([O-])c1C(=O)c1ccccc1. The number of rotatable bonds is 4. The van der Waals surface area contributed by atoms with Crippen molar-refractivity contribution in [2.75, 3.05) is 0 Å². The lowest BCUT2D eigenvalue weighted by Crippen LogP contribution is -2.32. The molecule has 0 saturated heterocycles. The Morgan fingerprint density at radius 1 is 0.864 bits per heavy atom. The first-order valence-corrected chi connectivity index (χ1v) is 6.47. The van der Waals surface area contributed by atoms with Crippen LogP contribution in [0.1, 0.15) is 32.1 Å². The quantitative estimate of drug-likeness (QED) is 0.540. The van der Waals surface area contributed by atoms with Gasteiger partial charge in [-0.2, -0.15) is 0 Å². The van der Waals surface area contributed by atoms with Crippen molar-refractivity contribution in [3.63, 3.8) is 0 Å². The minimum atomic E-state index is -0.615. The van der Waals surface area contributed by atoms with E-state index in [1.807, 2.05) is 0 Å². The molecule has 108 valence electrons. The fraction of sp³-hybridized carbons (Fsp3) is 0. The lowest BCUT2D eigenvalue weighted by Gasteiger charge is -1.99. The van der Waals surface area contributed by atoms with Crippen LogP contribution in [-0.2, 0) is 0 Å². The second kappa shape index (κ2) is 5.61. The van der Waals surface area contributed by atoms with Gasteiger partial charge in [-0.1, -0.05) is 60.7 Å². The lowest BCUT2D eigenvalue weighted by molar-refractivity contribution is -0.803. The van der Waals surface area contributed by atoms with Gasteiger partial charge in [0, 0.05) is 11.1 Å². The van der Waals surface area contributed by atoms with E-state index in [1.54, 1.807) is 60.7 Å². The zero-order chi connectivity index (χ0) is 15.5. The Kier molecular flexibility index (Phi) is 3.49. The monoisotopic (exact) mass is 294 g/mol. The number of hydrogen-bond acceptors (Lipinski definition) is 5. The number of ketones is 2. The van der Waals surface area contributed by atoms with Crippen LogP contribution in [0.25, 0.3) is 0 Å². The molecule has 6 nitrogen and oxygen atoms in total. The minimum absolute atomic E-state index is 0.0362. The molecule has 3 aromatic rings. The summed E-state index contributed by atoms with van der Waals surface area (Å²) in [6, 6.07) is 16.4. The van der Waals surface area contributed by atoms with Crippen molar-refractivity contribution in [3.05, 3.63) is 88.4 Å². The summed E-state index contributed by atoms with van der Waals surface area (Å²) in [5.74, 6) is -1.16. The van der Waals surface area contributed by atoms with Crippen LogP contribution >= 0.6 is 0 Å². The summed E-state index contributed by atoms with van der Waals surface area (Å²) in [6.07, 6.45) is 0. The van der Waals surface area contributed by atoms with E-state index < -0.39 is 17.3 Å². The molecule has 0 aliphatic heterocycles. The van der Waals surface area contributed by atoms with Gasteiger partial charge in [0.15, 0.2) is 0 Å². The zero-order valence-corrected chi connectivity index (χ0v) is 11.3. The van der Waals surface area contributed by atoms with Crippen molar-refractivity contribution < 1.29 is 19.1 Å². The number of carbonyl (C=O) groups excluding carboxylic acids is 2. The van der Waals surface area contributed by atoms with E-state index in [9.17, 15) is 14.8 Å². The number of nitrogens with zero attached hydrogens (tertiary/aromatic N) is 2. The van der Waals surface area contributed by atoms with Crippen molar-refractivity contribution in [1.29, 1.82) is 0 Å². The van der Waals surface area contributed by atoms with Crippen LogP contribution in [0.2, 0.25) is 0 Å². The fourth-order valence-corrected chi connectivity index (χ4v) is 2.04. The lowest BCUT2D eigenvalue weighted by atomic mass is 10.0. The topological polar surface area (TPSA) is 87.1 Å². The maximum atomic E-state index is 12.4. The molecule has 0 aliphatic rings. The van der Waals surface area contributed by atoms with E-state index in [2.05, 4.69) is 9.79 Å². The first-order valence-electron chi connectivity index (χ1n) is 6.47. The van der Waals surface area contributed by atoms with Gasteiger partial charge in [0.2, 0.25) is 11.6 Å². The van der Waals surface area contributed by atoms with Crippen molar-refractivity contribution in [2.45, 2.75) is 0 Å². The molecule has 0 spiro atoms. The molecule has 0 aliphatic carbocycles. The number of aromatic nitrogens is 2. The number of benzene rings is 2. The van der Waals surface area contributed by atoms with Gasteiger partial charge in [-0.3, -0.25) is 14.2 Å². The van der Waals surface area contributed by atoms with Gasteiger partial charge < -0.3 is 5.21 Å². The summed E-state index contributed by atoms with van der Waals surface area (Å²) >= 11 is 0. The highest BCUT2D eigenvalue weighted by Crippen LogP contribution is 2.14. The third-order valence-corrected chi connectivity index (χ3v) is 3.12. The second-order valence-corrected chi connectivity index (χ2v) is 4.52. The Labute approximate surface area is 125 Å². The van der Waals surface area contributed by atoms with Crippen LogP contribution < -0.4 is 4.90 Å². The third kappa shape index (κ3) is 2.37. The summed E-state index contributed by atoms with van der Waals surface area (Å²) < 4.78 is 4.45. The van der Waals surface area contributed by atoms with E-state index in [-0.39, 0.29) is 16.2 Å². The van der Waals surface area contributed by atoms with Gasteiger partial charge in [0.1, 0.15) is 0 Å². The van der Waals surface area contributed by atoms with Crippen LogP contribution in [0, 0.1) is 5.21 Å². The van der Waals surface area contributed by atoms with E-state index in [1.165, 1.54) is 0 Å². The van der Waals surface area contributed by atoms with E-state index in [0.717, 1.165) is 0 Å². The molecule has 1 aromatic heterocycles. The van der Waals surface area contributed by atoms with Crippen LogP contribution in [-0.4, -0.2) is 16.7 Å². The minimum Gasteiger partial charge on any atom is -0.359 e. The highest BCUT2D eigenvalue weighted by atomic mass is 16.8.